The zero-order chi connectivity index (χ0) is 12.8. The number of nitrogens with zero attached hydrogens (tertiary/aromatic N) is 2. The quantitative estimate of drug-likeness (QED) is 0.874. The maximum absolute atomic E-state index is 4.36. The van der Waals surface area contributed by atoms with Crippen molar-refractivity contribution in [2.45, 2.75) is 26.3 Å². The lowest BCUT2D eigenvalue weighted by molar-refractivity contribution is 0.613. The molecule has 1 N–H and O–H groups in total. The average molecular weight is 241 g/mol. The molecule has 0 bridgehead atoms. The van der Waals surface area contributed by atoms with Crippen LogP contribution in [-0.4, -0.2) is 16.5 Å². The van der Waals surface area contributed by atoms with Gasteiger partial charge < -0.3 is 5.32 Å². The Hall–Kier alpha value is -1.74. The monoisotopic (exact) mass is 241 g/mol. The Morgan fingerprint density at radius 2 is 2.11 bits per heavy atom. The van der Waals surface area contributed by atoms with Crippen LogP contribution in [0.2, 0.25) is 0 Å². The highest BCUT2D eigenvalue weighted by Crippen LogP contribution is 2.20. The van der Waals surface area contributed by atoms with Gasteiger partial charge in [0.05, 0.1) is 11.7 Å². The van der Waals surface area contributed by atoms with Crippen molar-refractivity contribution in [2.75, 3.05) is 6.54 Å². The molecule has 3 nitrogen and oxygen atoms in total. The molecule has 94 valence electrons. The van der Waals surface area contributed by atoms with Gasteiger partial charge in [0.2, 0.25) is 0 Å². The summed E-state index contributed by atoms with van der Waals surface area (Å²) < 4.78 is 0. The molecule has 2 aromatic rings. The lowest BCUT2D eigenvalue weighted by Crippen LogP contribution is -2.23. The maximum atomic E-state index is 4.36. The van der Waals surface area contributed by atoms with E-state index < -0.39 is 0 Å². The van der Waals surface area contributed by atoms with Gasteiger partial charge in [-0.15, -0.1) is 0 Å². The molecule has 2 rings (SSSR count). The Balaban J connectivity index is 2.35. The Kier molecular flexibility index (Phi) is 4.42. The second kappa shape index (κ2) is 6.26. The molecule has 0 amide bonds. The molecule has 1 unspecified atom stereocenters. The first-order chi connectivity index (χ1) is 8.85. The number of hydrogen-bond acceptors (Lipinski definition) is 3. The van der Waals surface area contributed by atoms with E-state index in [1.54, 1.807) is 12.5 Å². The zero-order valence-corrected chi connectivity index (χ0v) is 10.9. The highest BCUT2D eigenvalue weighted by atomic mass is 14.9. The molecule has 0 saturated heterocycles. The molecular weight excluding hydrogens is 222 g/mol. The number of rotatable bonds is 5. The third-order valence-corrected chi connectivity index (χ3v) is 3.00. The van der Waals surface area contributed by atoms with E-state index in [1.807, 2.05) is 6.07 Å². The van der Waals surface area contributed by atoms with E-state index in [0.717, 1.165) is 18.7 Å². The summed E-state index contributed by atoms with van der Waals surface area (Å²) in [6, 6.07) is 10.8. The minimum atomic E-state index is 0.143. The number of benzene rings is 1. The standard InChI is InChI=1S/C15H19N3/c1-3-12-6-5-7-13(10-12)15(17-4-2)14-8-9-16-11-18-14/h5-11,15,17H,3-4H2,1-2H3. The first-order valence-electron chi connectivity index (χ1n) is 6.43. The Morgan fingerprint density at radius 3 is 2.78 bits per heavy atom. The molecule has 18 heavy (non-hydrogen) atoms. The molecule has 0 aliphatic carbocycles. The van der Waals surface area contributed by atoms with E-state index in [4.69, 9.17) is 0 Å². The van der Waals surface area contributed by atoms with E-state index in [-0.39, 0.29) is 6.04 Å². The lowest BCUT2D eigenvalue weighted by atomic mass is 10.00. The fourth-order valence-corrected chi connectivity index (χ4v) is 2.06. The van der Waals surface area contributed by atoms with Crippen molar-refractivity contribution >= 4 is 0 Å². The summed E-state index contributed by atoms with van der Waals surface area (Å²) >= 11 is 0. The van der Waals surface area contributed by atoms with Gasteiger partial charge >= 0.3 is 0 Å². The predicted octanol–water partition coefficient (Wildman–Crippen LogP) is 2.74. The normalized spacial score (nSPS) is 12.3. The smallest absolute Gasteiger partial charge is 0.115 e. The van der Waals surface area contributed by atoms with Crippen LogP contribution in [0.3, 0.4) is 0 Å². The summed E-state index contributed by atoms with van der Waals surface area (Å²) in [7, 11) is 0. The van der Waals surface area contributed by atoms with Gasteiger partial charge in [-0.05, 0) is 30.2 Å². The van der Waals surface area contributed by atoms with Crippen molar-refractivity contribution in [1.82, 2.24) is 15.3 Å². The Labute approximate surface area is 108 Å². The van der Waals surface area contributed by atoms with Crippen molar-refractivity contribution < 1.29 is 0 Å². The molecule has 3 heteroatoms. The summed E-state index contributed by atoms with van der Waals surface area (Å²) in [5.41, 5.74) is 3.62. The van der Waals surface area contributed by atoms with Crippen LogP contribution < -0.4 is 5.32 Å². The molecule has 1 atom stereocenters. The number of aryl methyl sites for hydroxylation is 1. The molecule has 1 aromatic heterocycles. The van der Waals surface area contributed by atoms with Crippen LogP contribution >= 0.6 is 0 Å². The molecule has 1 aromatic carbocycles. The highest BCUT2D eigenvalue weighted by Gasteiger charge is 2.14. The SMILES string of the molecule is CCNC(c1cccc(CC)c1)c1ccncn1. The van der Waals surface area contributed by atoms with Gasteiger partial charge in [-0.3, -0.25) is 0 Å². The highest BCUT2D eigenvalue weighted by molar-refractivity contribution is 5.31. The van der Waals surface area contributed by atoms with Gasteiger partial charge in [-0.1, -0.05) is 38.1 Å². The van der Waals surface area contributed by atoms with Crippen LogP contribution in [0.4, 0.5) is 0 Å². The van der Waals surface area contributed by atoms with E-state index in [0.29, 0.717) is 0 Å². The van der Waals surface area contributed by atoms with E-state index in [9.17, 15) is 0 Å². The molecule has 1 heterocycles. The molecule has 0 spiro atoms. The zero-order valence-electron chi connectivity index (χ0n) is 10.9. The minimum Gasteiger partial charge on any atom is -0.305 e. The molecule has 0 radical (unpaired) electrons. The van der Waals surface area contributed by atoms with Crippen LogP contribution in [-0.2, 0) is 6.42 Å². The number of hydrogen-bond donors (Lipinski definition) is 1. The lowest BCUT2D eigenvalue weighted by Gasteiger charge is -2.18. The minimum absolute atomic E-state index is 0.143. The summed E-state index contributed by atoms with van der Waals surface area (Å²) in [5.74, 6) is 0. The fraction of sp³-hybridized carbons (Fsp3) is 0.333. The third kappa shape index (κ3) is 2.93. The maximum Gasteiger partial charge on any atom is 0.115 e. The molecule has 0 fully saturated rings. The van der Waals surface area contributed by atoms with Crippen molar-refractivity contribution in [2.24, 2.45) is 0 Å². The van der Waals surface area contributed by atoms with Gasteiger partial charge in [0.25, 0.3) is 0 Å². The van der Waals surface area contributed by atoms with Crippen LogP contribution in [0.1, 0.15) is 36.7 Å². The first kappa shape index (κ1) is 12.7. The van der Waals surface area contributed by atoms with Crippen LogP contribution in [0, 0.1) is 0 Å². The number of nitrogens with one attached hydrogen (secondary N) is 1. The van der Waals surface area contributed by atoms with E-state index in [1.165, 1.54) is 11.1 Å². The van der Waals surface area contributed by atoms with Gasteiger partial charge in [-0.25, -0.2) is 9.97 Å². The predicted molar refractivity (Wildman–Crippen MR) is 73.4 cm³/mol. The van der Waals surface area contributed by atoms with Crippen molar-refractivity contribution in [3.05, 3.63) is 59.7 Å². The van der Waals surface area contributed by atoms with Gasteiger partial charge in [0.1, 0.15) is 6.33 Å². The largest absolute Gasteiger partial charge is 0.305 e. The average Bonchev–Trinajstić information content (AvgIpc) is 2.46. The fourth-order valence-electron chi connectivity index (χ4n) is 2.06. The molecule has 0 aliphatic heterocycles. The van der Waals surface area contributed by atoms with Crippen LogP contribution in [0.15, 0.2) is 42.9 Å². The first-order valence-corrected chi connectivity index (χ1v) is 6.43. The van der Waals surface area contributed by atoms with Gasteiger partial charge in [0, 0.05) is 6.20 Å². The third-order valence-electron chi connectivity index (χ3n) is 3.00. The second-order valence-corrected chi connectivity index (χ2v) is 4.22. The summed E-state index contributed by atoms with van der Waals surface area (Å²) in [4.78, 5) is 8.33. The topological polar surface area (TPSA) is 37.8 Å². The van der Waals surface area contributed by atoms with Crippen molar-refractivity contribution in [1.29, 1.82) is 0 Å². The summed E-state index contributed by atoms with van der Waals surface area (Å²) in [6.07, 6.45) is 4.44. The van der Waals surface area contributed by atoms with Gasteiger partial charge in [0.15, 0.2) is 0 Å². The second-order valence-electron chi connectivity index (χ2n) is 4.22. The molecule has 0 aliphatic rings. The van der Waals surface area contributed by atoms with Crippen LogP contribution in [0.25, 0.3) is 0 Å². The van der Waals surface area contributed by atoms with Crippen molar-refractivity contribution in [3.63, 3.8) is 0 Å². The van der Waals surface area contributed by atoms with E-state index in [2.05, 4.69) is 53.4 Å². The van der Waals surface area contributed by atoms with Crippen LogP contribution in [0.5, 0.6) is 0 Å². The number of aromatic nitrogens is 2. The Morgan fingerprint density at radius 1 is 1.22 bits per heavy atom. The van der Waals surface area contributed by atoms with Gasteiger partial charge in [-0.2, -0.15) is 0 Å². The summed E-state index contributed by atoms with van der Waals surface area (Å²) in [5, 5.41) is 3.48. The van der Waals surface area contributed by atoms with E-state index >= 15 is 0 Å². The van der Waals surface area contributed by atoms with Crippen molar-refractivity contribution in [3.8, 4) is 0 Å². The molecule has 0 saturated carbocycles. The Bertz CT molecular complexity index is 482. The summed E-state index contributed by atoms with van der Waals surface area (Å²) in [6.45, 7) is 5.19. The molecular formula is C15H19N3.